The van der Waals surface area contributed by atoms with E-state index in [0.717, 1.165) is 11.3 Å². The number of alkyl halides is 1. The summed E-state index contributed by atoms with van der Waals surface area (Å²) < 4.78 is 18.5. The van der Waals surface area contributed by atoms with Crippen molar-refractivity contribution in [2.24, 2.45) is 0 Å². The van der Waals surface area contributed by atoms with E-state index < -0.39 is 0 Å². The Morgan fingerprint density at radius 2 is 1.94 bits per heavy atom. The number of hydrogen-bond donors (Lipinski definition) is 0. The molecule has 0 saturated carbocycles. The first kappa shape index (κ1) is 11.2. The molecule has 0 aliphatic carbocycles. The SMILES string of the molecule is Cc1ccc(C(Cl)c2ccc(F)c(C)c2)o1. The van der Waals surface area contributed by atoms with Crippen molar-refractivity contribution in [3.05, 3.63) is 58.8 Å². The Balaban J connectivity index is 2.33. The van der Waals surface area contributed by atoms with Crippen LogP contribution in [-0.4, -0.2) is 0 Å². The predicted octanol–water partition coefficient (Wildman–Crippen LogP) is 4.36. The van der Waals surface area contributed by atoms with Gasteiger partial charge in [0.2, 0.25) is 0 Å². The van der Waals surface area contributed by atoms with Gasteiger partial charge in [-0.3, -0.25) is 0 Å². The van der Waals surface area contributed by atoms with Crippen LogP contribution in [0.15, 0.2) is 34.7 Å². The first-order valence-corrected chi connectivity index (χ1v) is 5.48. The summed E-state index contributed by atoms with van der Waals surface area (Å²) in [6, 6.07) is 8.55. The molecule has 1 nitrogen and oxygen atoms in total. The van der Waals surface area contributed by atoms with Crippen LogP contribution in [0.3, 0.4) is 0 Å². The minimum absolute atomic E-state index is 0.219. The molecule has 2 rings (SSSR count). The Bertz CT molecular complexity index is 504. The van der Waals surface area contributed by atoms with Crippen molar-refractivity contribution in [2.45, 2.75) is 19.2 Å². The monoisotopic (exact) mass is 238 g/mol. The number of aryl methyl sites for hydroxylation is 2. The molecule has 0 spiro atoms. The van der Waals surface area contributed by atoms with E-state index in [1.165, 1.54) is 6.07 Å². The molecule has 1 aromatic heterocycles. The van der Waals surface area contributed by atoms with Crippen LogP contribution in [0.1, 0.15) is 28.0 Å². The molecule has 2 aromatic rings. The Kier molecular flexibility index (Phi) is 3.01. The van der Waals surface area contributed by atoms with E-state index >= 15 is 0 Å². The summed E-state index contributed by atoms with van der Waals surface area (Å²) in [5, 5.41) is -0.368. The summed E-state index contributed by atoms with van der Waals surface area (Å²) in [6.07, 6.45) is 0. The van der Waals surface area contributed by atoms with Crippen LogP contribution >= 0.6 is 11.6 Å². The fourth-order valence-electron chi connectivity index (χ4n) is 1.58. The largest absolute Gasteiger partial charge is 0.464 e. The summed E-state index contributed by atoms with van der Waals surface area (Å²) in [7, 11) is 0. The number of benzene rings is 1. The summed E-state index contributed by atoms with van der Waals surface area (Å²) in [6.45, 7) is 3.58. The van der Waals surface area contributed by atoms with Gasteiger partial charge in [0, 0.05) is 0 Å². The van der Waals surface area contributed by atoms with Crippen LogP contribution in [0.4, 0.5) is 4.39 Å². The zero-order valence-corrected chi connectivity index (χ0v) is 9.88. The zero-order chi connectivity index (χ0) is 11.7. The summed E-state index contributed by atoms with van der Waals surface area (Å²) in [5.74, 6) is 1.29. The van der Waals surface area contributed by atoms with Gasteiger partial charge < -0.3 is 4.42 Å². The third-order valence-corrected chi connectivity index (χ3v) is 2.95. The van der Waals surface area contributed by atoms with E-state index in [-0.39, 0.29) is 11.2 Å². The summed E-state index contributed by atoms with van der Waals surface area (Å²) >= 11 is 6.25. The topological polar surface area (TPSA) is 13.1 Å². The van der Waals surface area contributed by atoms with Crippen LogP contribution in [0.25, 0.3) is 0 Å². The van der Waals surface area contributed by atoms with Crippen molar-refractivity contribution in [1.82, 2.24) is 0 Å². The summed E-state index contributed by atoms with van der Waals surface area (Å²) in [5.41, 5.74) is 1.43. The standard InChI is InChI=1S/C13H12ClFO/c1-8-7-10(4-5-11(8)15)13(14)12-6-3-9(2)16-12/h3-7,13H,1-2H3. The maximum absolute atomic E-state index is 13.1. The van der Waals surface area contributed by atoms with Gasteiger partial charge in [0.25, 0.3) is 0 Å². The molecule has 0 radical (unpaired) electrons. The fraction of sp³-hybridized carbons (Fsp3) is 0.231. The number of halogens is 2. The third-order valence-electron chi connectivity index (χ3n) is 2.49. The molecule has 0 N–H and O–H groups in total. The van der Waals surface area contributed by atoms with Crippen LogP contribution in [0, 0.1) is 19.7 Å². The Morgan fingerprint density at radius 1 is 1.19 bits per heavy atom. The molecule has 3 heteroatoms. The molecule has 1 heterocycles. The van der Waals surface area contributed by atoms with E-state index in [1.807, 2.05) is 19.1 Å². The maximum atomic E-state index is 13.1. The zero-order valence-electron chi connectivity index (χ0n) is 9.13. The first-order valence-electron chi connectivity index (χ1n) is 5.04. The van der Waals surface area contributed by atoms with Gasteiger partial charge in [0.1, 0.15) is 22.7 Å². The Hall–Kier alpha value is -1.28. The van der Waals surface area contributed by atoms with Gasteiger partial charge in [0.05, 0.1) is 0 Å². The molecule has 16 heavy (non-hydrogen) atoms. The van der Waals surface area contributed by atoms with Gasteiger partial charge in [-0.2, -0.15) is 0 Å². The second-order valence-corrected chi connectivity index (χ2v) is 4.26. The van der Waals surface area contributed by atoms with Crippen molar-refractivity contribution in [3.63, 3.8) is 0 Å². The van der Waals surface area contributed by atoms with Gasteiger partial charge >= 0.3 is 0 Å². The minimum atomic E-state index is -0.368. The minimum Gasteiger partial charge on any atom is -0.464 e. The highest BCUT2D eigenvalue weighted by Gasteiger charge is 2.15. The van der Waals surface area contributed by atoms with Gasteiger partial charge in [-0.25, -0.2) is 4.39 Å². The van der Waals surface area contributed by atoms with E-state index in [1.54, 1.807) is 19.1 Å². The van der Waals surface area contributed by atoms with Crippen LogP contribution < -0.4 is 0 Å². The predicted molar refractivity (Wildman–Crippen MR) is 62.3 cm³/mol. The lowest BCUT2D eigenvalue weighted by atomic mass is 10.1. The molecule has 1 aromatic carbocycles. The Labute approximate surface area is 98.8 Å². The van der Waals surface area contributed by atoms with Crippen LogP contribution in [-0.2, 0) is 0 Å². The van der Waals surface area contributed by atoms with Crippen LogP contribution in [0.2, 0.25) is 0 Å². The second-order valence-electron chi connectivity index (χ2n) is 3.82. The van der Waals surface area contributed by atoms with E-state index in [9.17, 15) is 4.39 Å². The summed E-state index contributed by atoms with van der Waals surface area (Å²) in [4.78, 5) is 0. The fourth-order valence-corrected chi connectivity index (χ4v) is 1.83. The quantitative estimate of drug-likeness (QED) is 0.709. The second kappa shape index (κ2) is 4.30. The van der Waals surface area contributed by atoms with Crippen LogP contribution in [0.5, 0.6) is 0 Å². The molecule has 1 unspecified atom stereocenters. The lowest BCUT2D eigenvalue weighted by Gasteiger charge is -2.08. The number of hydrogen-bond acceptors (Lipinski definition) is 1. The molecule has 0 aliphatic heterocycles. The molecule has 0 amide bonds. The molecule has 0 bridgehead atoms. The number of furan rings is 1. The highest BCUT2D eigenvalue weighted by Crippen LogP contribution is 2.30. The maximum Gasteiger partial charge on any atom is 0.126 e. The normalized spacial score (nSPS) is 12.8. The molecule has 0 fully saturated rings. The average Bonchev–Trinajstić information content (AvgIpc) is 2.68. The lowest BCUT2D eigenvalue weighted by Crippen LogP contribution is -1.93. The van der Waals surface area contributed by atoms with Gasteiger partial charge in [0.15, 0.2) is 0 Å². The average molecular weight is 239 g/mol. The Morgan fingerprint density at radius 3 is 2.50 bits per heavy atom. The van der Waals surface area contributed by atoms with Crippen molar-refractivity contribution in [1.29, 1.82) is 0 Å². The van der Waals surface area contributed by atoms with E-state index in [4.69, 9.17) is 16.0 Å². The number of rotatable bonds is 2. The van der Waals surface area contributed by atoms with Crippen molar-refractivity contribution < 1.29 is 8.81 Å². The third kappa shape index (κ3) is 2.12. The molecule has 0 saturated heterocycles. The van der Waals surface area contributed by atoms with Crippen molar-refractivity contribution in [3.8, 4) is 0 Å². The molecular weight excluding hydrogens is 227 g/mol. The molecular formula is C13H12ClFO. The lowest BCUT2D eigenvalue weighted by molar-refractivity contribution is 0.489. The van der Waals surface area contributed by atoms with E-state index in [0.29, 0.717) is 11.3 Å². The first-order chi connectivity index (χ1) is 7.58. The highest BCUT2D eigenvalue weighted by molar-refractivity contribution is 6.22. The molecule has 84 valence electrons. The molecule has 0 aliphatic rings. The van der Waals surface area contributed by atoms with Crippen molar-refractivity contribution in [2.75, 3.05) is 0 Å². The smallest absolute Gasteiger partial charge is 0.126 e. The van der Waals surface area contributed by atoms with Gasteiger partial charge in [-0.15, -0.1) is 11.6 Å². The van der Waals surface area contributed by atoms with E-state index in [2.05, 4.69) is 0 Å². The van der Waals surface area contributed by atoms with Gasteiger partial charge in [-0.1, -0.05) is 12.1 Å². The van der Waals surface area contributed by atoms with Gasteiger partial charge in [-0.05, 0) is 43.2 Å². The molecule has 1 atom stereocenters. The highest BCUT2D eigenvalue weighted by atomic mass is 35.5. The van der Waals surface area contributed by atoms with Crippen molar-refractivity contribution >= 4 is 11.6 Å².